The summed E-state index contributed by atoms with van der Waals surface area (Å²) in [5.41, 5.74) is 1.26. The van der Waals surface area contributed by atoms with Crippen LogP contribution in [0.25, 0.3) is 0 Å². The van der Waals surface area contributed by atoms with Crippen LogP contribution < -0.4 is 20.7 Å². The Bertz CT molecular complexity index is 821. The zero-order chi connectivity index (χ0) is 21.9. The number of likely N-dealkylation sites (tertiary alicyclic amines) is 1. The molecule has 0 saturated carbocycles. The molecule has 3 rings (SSSR count). The number of guanidine groups is 1. The van der Waals surface area contributed by atoms with E-state index >= 15 is 0 Å². The maximum Gasteiger partial charge on any atom is 0.287 e. The van der Waals surface area contributed by atoms with Crippen molar-refractivity contribution >= 4 is 35.8 Å². The Labute approximate surface area is 207 Å². The summed E-state index contributed by atoms with van der Waals surface area (Å²) in [6.45, 7) is 3.97. The van der Waals surface area contributed by atoms with Crippen LogP contribution >= 0.6 is 24.0 Å². The zero-order valence-electron chi connectivity index (χ0n) is 18.8. The second-order valence-electron chi connectivity index (χ2n) is 7.50. The van der Waals surface area contributed by atoms with Crippen LogP contribution in [0.1, 0.15) is 41.4 Å². The predicted octanol–water partition coefficient (Wildman–Crippen LogP) is 3.03. The van der Waals surface area contributed by atoms with Crippen molar-refractivity contribution in [1.29, 1.82) is 0 Å². The Morgan fingerprint density at radius 2 is 1.81 bits per heavy atom. The van der Waals surface area contributed by atoms with Crippen molar-refractivity contribution in [2.45, 2.75) is 25.3 Å². The van der Waals surface area contributed by atoms with Crippen molar-refractivity contribution in [3.05, 3.63) is 54.0 Å². The maximum absolute atomic E-state index is 11.9. The van der Waals surface area contributed by atoms with Gasteiger partial charge in [0.25, 0.3) is 5.91 Å². The Morgan fingerprint density at radius 3 is 2.44 bits per heavy atom. The lowest BCUT2D eigenvalue weighted by molar-refractivity contribution is 0.0926. The topological polar surface area (TPSA) is 91.1 Å². The fraction of sp³-hybridized carbons (Fsp3) is 0.478. The van der Waals surface area contributed by atoms with Gasteiger partial charge in [-0.05, 0) is 55.8 Å². The number of halogens is 1. The van der Waals surface area contributed by atoms with E-state index in [-0.39, 0.29) is 35.9 Å². The third-order valence-electron chi connectivity index (χ3n) is 5.47. The van der Waals surface area contributed by atoms with Crippen LogP contribution in [0.15, 0.2) is 52.1 Å². The van der Waals surface area contributed by atoms with Crippen molar-refractivity contribution < 1.29 is 13.9 Å². The highest BCUT2D eigenvalue weighted by molar-refractivity contribution is 14.0. The summed E-state index contributed by atoms with van der Waals surface area (Å²) in [7, 11) is 3.44. The predicted molar refractivity (Wildman–Crippen MR) is 137 cm³/mol. The van der Waals surface area contributed by atoms with Gasteiger partial charge < -0.3 is 25.1 Å². The number of rotatable bonds is 9. The summed E-state index contributed by atoms with van der Waals surface area (Å²) in [5.74, 6) is 1.66. The van der Waals surface area contributed by atoms with Gasteiger partial charge in [-0.1, -0.05) is 18.6 Å². The van der Waals surface area contributed by atoms with E-state index in [1.165, 1.54) is 31.1 Å². The largest absolute Gasteiger partial charge is 0.497 e. The Balaban J connectivity index is 0.00000363. The monoisotopic (exact) mass is 555 g/mol. The van der Waals surface area contributed by atoms with Crippen molar-refractivity contribution in [3.63, 3.8) is 0 Å². The Morgan fingerprint density at radius 1 is 1.09 bits per heavy atom. The smallest absolute Gasteiger partial charge is 0.287 e. The number of amides is 1. The number of piperidine rings is 1. The number of furan rings is 1. The van der Waals surface area contributed by atoms with Crippen LogP contribution in [0.2, 0.25) is 0 Å². The van der Waals surface area contributed by atoms with Crippen LogP contribution in [0.5, 0.6) is 5.75 Å². The van der Waals surface area contributed by atoms with Gasteiger partial charge >= 0.3 is 0 Å². The van der Waals surface area contributed by atoms with Gasteiger partial charge in [0.15, 0.2) is 11.7 Å². The zero-order valence-corrected chi connectivity index (χ0v) is 21.1. The lowest BCUT2D eigenvalue weighted by Crippen LogP contribution is -2.46. The van der Waals surface area contributed by atoms with Crippen molar-refractivity contribution in [2.24, 2.45) is 4.99 Å². The van der Waals surface area contributed by atoms with Crippen LogP contribution in [0.3, 0.4) is 0 Å². The summed E-state index contributed by atoms with van der Waals surface area (Å²) >= 11 is 0. The number of aliphatic imine (C=N–C) groups is 1. The van der Waals surface area contributed by atoms with Crippen LogP contribution in [-0.4, -0.2) is 63.6 Å². The highest BCUT2D eigenvalue weighted by atomic mass is 127. The van der Waals surface area contributed by atoms with Gasteiger partial charge in [0.2, 0.25) is 0 Å². The highest BCUT2D eigenvalue weighted by Crippen LogP contribution is 2.25. The molecule has 1 saturated heterocycles. The molecule has 1 aliphatic rings. The molecule has 1 amide bonds. The molecule has 9 heteroatoms. The number of benzene rings is 1. The number of carbonyl (C=O) groups excluding carboxylic acids is 1. The molecule has 2 aromatic rings. The van der Waals surface area contributed by atoms with E-state index in [9.17, 15) is 4.79 Å². The summed E-state index contributed by atoms with van der Waals surface area (Å²) in [6.07, 6.45) is 5.25. The SMILES string of the molecule is CN=C(NCCNC(=O)c1ccco1)NCC(c1ccc(OC)cc1)N1CCCCC1.I. The molecule has 32 heavy (non-hydrogen) atoms. The van der Waals surface area contributed by atoms with Gasteiger partial charge in [0.05, 0.1) is 19.4 Å². The van der Waals surface area contributed by atoms with Crippen molar-refractivity contribution in [1.82, 2.24) is 20.9 Å². The molecule has 2 heterocycles. The molecule has 8 nitrogen and oxygen atoms in total. The summed E-state index contributed by atoms with van der Waals surface area (Å²) < 4.78 is 10.4. The van der Waals surface area contributed by atoms with E-state index in [0.717, 1.165) is 25.4 Å². The van der Waals surface area contributed by atoms with E-state index in [1.54, 1.807) is 26.3 Å². The second-order valence-corrected chi connectivity index (χ2v) is 7.50. The standard InChI is InChI=1S/C23H33N5O3.HI/c1-24-23(26-13-12-25-22(29)21-7-6-16-31-21)27-17-20(28-14-4-3-5-15-28)18-8-10-19(30-2)11-9-18;/h6-11,16,20H,3-5,12-15,17H2,1-2H3,(H,25,29)(H2,24,26,27);1H. The molecule has 1 aromatic heterocycles. The number of hydrogen-bond donors (Lipinski definition) is 3. The first-order valence-corrected chi connectivity index (χ1v) is 10.9. The molecule has 3 N–H and O–H groups in total. The number of carbonyl (C=O) groups is 1. The van der Waals surface area contributed by atoms with Crippen LogP contribution in [0.4, 0.5) is 0 Å². The lowest BCUT2D eigenvalue weighted by atomic mass is 10.0. The second kappa shape index (κ2) is 14.0. The fourth-order valence-electron chi connectivity index (χ4n) is 3.78. The normalized spacial score (nSPS) is 15.4. The van der Waals surface area contributed by atoms with E-state index in [2.05, 4.69) is 38.0 Å². The third kappa shape index (κ3) is 7.70. The molecule has 1 aromatic carbocycles. The minimum atomic E-state index is -0.223. The quantitative estimate of drug-likeness (QED) is 0.191. The number of nitrogens with zero attached hydrogens (tertiary/aromatic N) is 2. The fourth-order valence-corrected chi connectivity index (χ4v) is 3.78. The Hall–Kier alpha value is -2.27. The number of nitrogens with one attached hydrogen (secondary N) is 3. The summed E-state index contributed by atoms with van der Waals surface area (Å²) in [5, 5.41) is 9.52. The molecule has 1 unspecified atom stereocenters. The molecule has 0 bridgehead atoms. The first kappa shape index (κ1) is 26.0. The average molecular weight is 555 g/mol. The summed E-state index contributed by atoms with van der Waals surface area (Å²) in [6, 6.07) is 11.9. The third-order valence-corrected chi connectivity index (χ3v) is 5.47. The van der Waals surface area contributed by atoms with Gasteiger partial charge in [-0.25, -0.2) is 0 Å². The molecular weight excluding hydrogens is 521 g/mol. The first-order valence-electron chi connectivity index (χ1n) is 10.9. The van der Waals surface area contributed by atoms with E-state index in [0.29, 0.717) is 24.8 Å². The minimum Gasteiger partial charge on any atom is -0.497 e. The summed E-state index contributed by atoms with van der Waals surface area (Å²) in [4.78, 5) is 18.8. The molecule has 1 fully saturated rings. The van der Waals surface area contributed by atoms with Gasteiger partial charge in [-0.2, -0.15) is 0 Å². The van der Waals surface area contributed by atoms with Gasteiger partial charge in [-0.15, -0.1) is 24.0 Å². The van der Waals surface area contributed by atoms with Gasteiger partial charge in [0.1, 0.15) is 5.75 Å². The molecular formula is C23H34IN5O3. The van der Waals surface area contributed by atoms with E-state index < -0.39 is 0 Å². The first-order chi connectivity index (χ1) is 15.2. The molecule has 176 valence electrons. The number of ether oxygens (including phenoxy) is 1. The highest BCUT2D eigenvalue weighted by Gasteiger charge is 2.22. The molecule has 0 radical (unpaired) electrons. The average Bonchev–Trinajstić information content (AvgIpc) is 3.36. The Kier molecular flexibility index (Phi) is 11.4. The number of hydrogen-bond acceptors (Lipinski definition) is 5. The van der Waals surface area contributed by atoms with E-state index in [1.807, 2.05) is 12.1 Å². The lowest BCUT2D eigenvalue weighted by Gasteiger charge is -2.35. The molecule has 1 atom stereocenters. The van der Waals surface area contributed by atoms with Crippen LogP contribution in [0, 0.1) is 0 Å². The number of methoxy groups -OCH3 is 1. The maximum atomic E-state index is 11.9. The van der Waals surface area contributed by atoms with Crippen LogP contribution in [-0.2, 0) is 0 Å². The van der Waals surface area contributed by atoms with Gasteiger partial charge in [0, 0.05) is 26.7 Å². The minimum absolute atomic E-state index is 0. The molecule has 0 aliphatic carbocycles. The molecule has 1 aliphatic heterocycles. The van der Waals surface area contributed by atoms with Gasteiger partial charge in [-0.3, -0.25) is 14.7 Å². The molecule has 0 spiro atoms. The van der Waals surface area contributed by atoms with E-state index in [4.69, 9.17) is 9.15 Å². The van der Waals surface area contributed by atoms with Crippen molar-refractivity contribution in [2.75, 3.05) is 46.9 Å². The van der Waals surface area contributed by atoms with Crippen molar-refractivity contribution in [3.8, 4) is 5.75 Å².